The molecule has 1 saturated carbocycles. The van der Waals surface area contributed by atoms with Gasteiger partial charge in [0.2, 0.25) is 0 Å². The predicted molar refractivity (Wildman–Crippen MR) is 118 cm³/mol. The number of nitrogens with zero attached hydrogens (tertiary/aromatic N) is 2. The van der Waals surface area contributed by atoms with Gasteiger partial charge in [-0.15, -0.1) is 24.0 Å². The molecule has 0 amide bonds. The Labute approximate surface area is 174 Å². The van der Waals surface area contributed by atoms with Crippen LogP contribution in [0, 0.1) is 5.92 Å². The average Bonchev–Trinajstić information content (AvgIpc) is 3.14. The van der Waals surface area contributed by atoms with Crippen molar-refractivity contribution < 1.29 is 4.74 Å². The van der Waals surface area contributed by atoms with Gasteiger partial charge in [-0.2, -0.15) is 11.8 Å². The monoisotopic (exact) mass is 482 g/mol. The van der Waals surface area contributed by atoms with Gasteiger partial charge in [0.1, 0.15) is 0 Å². The second-order valence-electron chi connectivity index (χ2n) is 7.44. The quantitative estimate of drug-likeness (QED) is 0.359. The second kappa shape index (κ2) is 11.2. The molecule has 0 aromatic rings. The van der Waals surface area contributed by atoms with E-state index in [0.29, 0.717) is 0 Å². The summed E-state index contributed by atoms with van der Waals surface area (Å²) in [6, 6.07) is 0. The summed E-state index contributed by atoms with van der Waals surface area (Å²) in [5.41, 5.74) is 0.275. The molecule has 0 spiro atoms. The molecule has 3 aliphatic rings. The average molecular weight is 482 g/mol. The van der Waals surface area contributed by atoms with Crippen molar-refractivity contribution in [3.63, 3.8) is 0 Å². The van der Waals surface area contributed by atoms with Crippen LogP contribution in [0.1, 0.15) is 38.5 Å². The van der Waals surface area contributed by atoms with Crippen LogP contribution in [0.5, 0.6) is 0 Å². The number of hydrogen-bond acceptors (Lipinski definition) is 4. The van der Waals surface area contributed by atoms with Gasteiger partial charge in [0.25, 0.3) is 0 Å². The lowest BCUT2D eigenvalue weighted by Gasteiger charge is -2.43. The predicted octanol–water partition coefficient (Wildman–Crippen LogP) is 2.56. The van der Waals surface area contributed by atoms with E-state index in [1.807, 2.05) is 7.05 Å². The molecule has 1 atom stereocenters. The van der Waals surface area contributed by atoms with E-state index < -0.39 is 0 Å². The van der Waals surface area contributed by atoms with Gasteiger partial charge in [0, 0.05) is 44.5 Å². The molecule has 2 saturated heterocycles. The van der Waals surface area contributed by atoms with Crippen molar-refractivity contribution >= 4 is 41.7 Å². The first-order chi connectivity index (χ1) is 11.8. The third-order valence-corrected chi connectivity index (χ3v) is 7.09. The Bertz CT molecular complexity index is 406. The lowest BCUT2D eigenvalue weighted by atomic mass is 9.89. The van der Waals surface area contributed by atoms with Gasteiger partial charge in [0.05, 0.1) is 13.2 Å². The minimum atomic E-state index is 0. The number of guanidine groups is 1. The number of rotatable bonds is 5. The molecule has 0 radical (unpaired) electrons. The second-order valence-corrected chi connectivity index (χ2v) is 8.54. The highest BCUT2D eigenvalue weighted by Gasteiger charge is 2.40. The molecule has 7 heteroatoms. The molecule has 3 rings (SSSR count). The number of halogens is 1. The molecule has 146 valence electrons. The zero-order chi connectivity index (χ0) is 16.7. The van der Waals surface area contributed by atoms with Crippen LogP contribution < -0.4 is 10.6 Å². The van der Waals surface area contributed by atoms with Crippen LogP contribution >= 0.6 is 35.7 Å². The van der Waals surface area contributed by atoms with Crippen LogP contribution in [0.15, 0.2) is 4.99 Å². The van der Waals surface area contributed by atoms with Crippen LogP contribution in [-0.2, 0) is 4.74 Å². The van der Waals surface area contributed by atoms with Crippen molar-refractivity contribution in [2.24, 2.45) is 10.9 Å². The Morgan fingerprint density at radius 1 is 1.20 bits per heavy atom. The largest absolute Gasteiger partial charge is 0.379 e. The number of aliphatic imine (C=N–C) groups is 1. The smallest absolute Gasteiger partial charge is 0.191 e. The standard InChI is InChI=1S/C18H34N4OS.HI/c1-19-17(20-13-16-5-3-2-4-6-16)21-14-18(7-12-24-15-18)22-8-10-23-11-9-22;/h16H,2-15H2,1H3,(H2,19,20,21);1H. The zero-order valence-corrected chi connectivity index (χ0v) is 18.7. The summed E-state index contributed by atoms with van der Waals surface area (Å²) in [5, 5.41) is 7.20. The molecule has 25 heavy (non-hydrogen) atoms. The molecule has 2 aliphatic heterocycles. The Hall–Kier alpha value is 0.270. The maximum Gasteiger partial charge on any atom is 0.191 e. The molecule has 2 N–H and O–H groups in total. The van der Waals surface area contributed by atoms with E-state index in [9.17, 15) is 0 Å². The van der Waals surface area contributed by atoms with Crippen LogP contribution in [0.4, 0.5) is 0 Å². The molecular formula is C18H35IN4OS. The fraction of sp³-hybridized carbons (Fsp3) is 0.944. The lowest BCUT2D eigenvalue weighted by Crippen LogP contribution is -2.60. The van der Waals surface area contributed by atoms with Crippen molar-refractivity contribution in [3.05, 3.63) is 0 Å². The molecular weight excluding hydrogens is 447 g/mol. The molecule has 0 bridgehead atoms. The third kappa shape index (κ3) is 6.14. The van der Waals surface area contributed by atoms with Gasteiger partial charge in [-0.05, 0) is 30.9 Å². The Balaban J connectivity index is 0.00000225. The Morgan fingerprint density at radius 2 is 1.96 bits per heavy atom. The third-order valence-electron chi connectivity index (χ3n) is 5.86. The van der Waals surface area contributed by atoms with Crippen molar-refractivity contribution in [2.75, 3.05) is 57.9 Å². The van der Waals surface area contributed by atoms with E-state index in [1.165, 1.54) is 50.0 Å². The summed E-state index contributed by atoms with van der Waals surface area (Å²) in [6.45, 7) is 5.94. The van der Waals surface area contributed by atoms with E-state index in [1.54, 1.807) is 0 Å². The van der Waals surface area contributed by atoms with Crippen molar-refractivity contribution in [1.82, 2.24) is 15.5 Å². The number of ether oxygens (including phenoxy) is 1. The summed E-state index contributed by atoms with van der Waals surface area (Å²) in [7, 11) is 1.89. The molecule has 0 aromatic carbocycles. The number of hydrogen-bond donors (Lipinski definition) is 2. The maximum absolute atomic E-state index is 5.55. The van der Waals surface area contributed by atoms with Crippen LogP contribution in [0.25, 0.3) is 0 Å². The highest BCUT2D eigenvalue weighted by Crippen LogP contribution is 2.33. The molecule has 1 unspecified atom stereocenters. The summed E-state index contributed by atoms with van der Waals surface area (Å²) < 4.78 is 5.55. The Morgan fingerprint density at radius 3 is 2.60 bits per heavy atom. The van der Waals surface area contributed by atoms with Gasteiger partial charge in [-0.3, -0.25) is 9.89 Å². The maximum atomic E-state index is 5.55. The topological polar surface area (TPSA) is 48.9 Å². The highest BCUT2D eigenvalue weighted by atomic mass is 127. The first kappa shape index (κ1) is 21.6. The van der Waals surface area contributed by atoms with Crippen molar-refractivity contribution in [2.45, 2.75) is 44.1 Å². The van der Waals surface area contributed by atoms with Gasteiger partial charge < -0.3 is 15.4 Å². The first-order valence-electron chi connectivity index (χ1n) is 9.67. The van der Waals surface area contributed by atoms with E-state index in [-0.39, 0.29) is 29.5 Å². The van der Waals surface area contributed by atoms with Crippen molar-refractivity contribution in [3.8, 4) is 0 Å². The Kier molecular flexibility index (Phi) is 9.65. The van der Waals surface area contributed by atoms with Gasteiger partial charge in [-0.25, -0.2) is 0 Å². The van der Waals surface area contributed by atoms with Gasteiger partial charge in [-0.1, -0.05) is 19.3 Å². The molecule has 3 fully saturated rings. The van der Waals surface area contributed by atoms with Crippen LogP contribution in [0.3, 0.4) is 0 Å². The SMILES string of the molecule is CN=C(NCC1CCCCC1)NCC1(N2CCOCC2)CCSC1.I. The van der Waals surface area contributed by atoms with E-state index >= 15 is 0 Å². The van der Waals surface area contributed by atoms with Crippen molar-refractivity contribution in [1.29, 1.82) is 0 Å². The normalized spacial score (nSPS) is 29.2. The summed E-state index contributed by atoms with van der Waals surface area (Å²) in [6.07, 6.45) is 8.23. The fourth-order valence-electron chi connectivity index (χ4n) is 4.24. The van der Waals surface area contributed by atoms with Gasteiger partial charge in [0.15, 0.2) is 5.96 Å². The zero-order valence-electron chi connectivity index (χ0n) is 15.6. The summed E-state index contributed by atoms with van der Waals surface area (Å²) >= 11 is 2.09. The van der Waals surface area contributed by atoms with E-state index in [0.717, 1.165) is 51.3 Å². The first-order valence-corrected chi connectivity index (χ1v) is 10.8. The fourth-order valence-corrected chi connectivity index (χ4v) is 5.71. The number of morpholine rings is 1. The minimum absolute atomic E-state index is 0. The van der Waals surface area contributed by atoms with Gasteiger partial charge >= 0.3 is 0 Å². The summed E-state index contributed by atoms with van der Waals surface area (Å²) in [5.74, 6) is 4.30. The van der Waals surface area contributed by atoms with Crippen LogP contribution in [0.2, 0.25) is 0 Å². The number of thioether (sulfide) groups is 1. The molecule has 1 aliphatic carbocycles. The molecule has 0 aromatic heterocycles. The van der Waals surface area contributed by atoms with E-state index in [4.69, 9.17) is 4.74 Å². The van der Waals surface area contributed by atoms with Crippen LogP contribution in [-0.4, -0.2) is 74.3 Å². The minimum Gasteiger partial charge on any atom is -0.379 e. The van der Waals surface area contributed by atoms with E-state index in [2.05, 4.69) is 32.3 Å². The number of nitrogens with one attached hydrogen (secondary N) is 2. The highest BCUT2D eigenvalue weighted by molar-refractivity contribution is 14.0. The summed E-state index contributed by atoms with van der Waals surface area (Å²) in [4.78, 5) is 7.10. The molecule has 2 heterocycles. The molecule has 5 nitrogen and oxygen atoms in total. The lowest BCUT2D eigenvalue weighted by molar-refractivity contribution is -0.0120.